The summed E-state index contributed by atoms with van der Waals surface area (Å²) in [6.45, 7) is 12.4. The minimum absolute atomic E-state index is 0.237. The lowest BCUT2D eigenvalue weighted by Gasteiger charge is -2.39. The summed E-state index contributed by atoms with van der Waals surface area (Å²) in [7, 11) is 0. The molecular weight excluding hydrogens is 414 g/mol. The van der Waals surface area contributed by atoms with Crippen molar-refractivity contribution in [3.63, 3.8) is 0 Å². The van der Waals surface area contributed by atoms with Gasteiger partial charge < -0.3 is 14.5 Å². The minimum Gasteiger partial charge on any atom is -0.444 e. The number of carbonyl (C=O) groups excluding carboxylic acids is 2. The molecule has 0 saturated carbocycles. The van der Waals surface area contributed by atoms with Crippen LogP contribution in [0.2, 0.25) is 5.02 Å². The summed E-state index contributed by atoms with van der Waals surface area (Å²) in [5.74, 6) is 0.576. The van der Waals surface area contributed by atoms with Crippen molar-refractivity contribution in [3.8, 4) is 0 Å². The number of likely N-dealkylation sites (tertiary alicyclic amines) is 1. The van der Waals surface area contributed by atoms with Crippen molar-refractivity contribution in [1.29, 1.82) is 0 Å². The first-order valence-electron chi connectivity index (χ1n) is 11.4. The second kappa shape index (κ2) is 10.2. The van der Waals surface area contributed by atoms with Crippen molar-refractivity contribution in [2.75, 3.05) is 39.3 Å². The molecule has 2 saturated heterocycles. The lowest BCUT2D eigenvalue weighted by molar-refractivity contribution is -0.134. The van der Waals surface area contributed by atoms with Gasteiger partial charge in [0.15, 0.2) is 0 Å². The Labute approximate surface area is 191 Å². The quantitative estimate of drug-likeness (QED) is 0.675. The van der Waals surface area contributed by atoms with Gasteiger partial charge in [-0.2, -0.15) is 0 Å². The van der Waals surface area contributed by atoms with Crippen LogP contribution in [0.3, 0.4) is 0 Å². The Hall–Kier alpha value is -1.79. The van der Waals surface area contributed by atoms with Gasteiger partial charge in [0.2, 0.25) is 5.91 Å². The second-order valence-electron chi connectivity index (χ2n) is 9.73. The van der Waals surface area contributed by atoms with E-state index in [2.05, 4.69) is 17.9 Å². The molecule has 31 heavy (non-hydrogen) atoms. The van der Waals surface area contributed by atoms with Crippen LogP contribution in [0, 0.1) is 5.92 Å². The topological polar surface area (TPSA) is 53.1 Å². The Kier molecular flexibility index (Phi) is 7.87. The Bertz CT molecular complexity index is 764. The third-order valence-electron chi connectivity index (χ3n) is 6.30. The Morgan fingerprint density at radius 1 is 1.03 bits per heavy atom. The number of ether oxygens (including phenoxy) is 1. The maximum atomic E-state index is 12.9. The number of hydrogen-bond donors (Lipinski definition) is 0. The van der Waals surface area contributed by atoms with Gasteiger partial charge in [-0.1, -0.05) is 29.8 Å². The second-order valence-corrected chi connectivity index (χ2v) is 10.1. The highest BCUT2D eigenvalue weighted by Gasteiger charge is 2.30. The van der Waals surface area contributed by atoms with Gasteiger partial charge in [-0.25, -0.2) is 4.79 Å². The fourth-order valence-electron chi connectivity index (χ4n) is 4.39. The van der Waals surface area contributed by atoms with Crippen LogP contribution in [0.4, 0.5) is 4.79 Å². The van der Waals surface area contributed by atoms with Crippen molar-refractivity contribution >= 4 is 23.6 Å². The molecule has 2 aliphatic rings. The predicted octanol–water partition coefficient (Wildman–Crippen LogP) is 4.58. The highest BCUT2D eigenvalue weighted by Crippen LogP contribution is 2.28. The molecule has 0 aliphatic carbocycles. The summed E-state index contributed by atoms with van der Waals surface area (Å²) >= 11 is 6.36. The van der Waals surface area contributed by atoms with E-state index in [0.29, 0.717) is 25.4 Å². The number of hydrogen-bond acceptors (Lipinski definition) is 4. The van der Waals surface area contributed by atoms with Crippen molar-refractivity contribution in [1.82, 2.24) is 14.7 Å². The zero-order chi connectivity index (χ0) is 22.6. The zero-order valence-electron chi connectivity index (χ0n) is 19.3. The molecule has 2 aliphatic heterocycles. The number of rotatable bonds is 4. The lowest BCUT2D eigenvalue weighted by atomic mass is 9.93. The summed E-state index contributed by atoms with van der Waals surface area (Å²) < 4.78 is 5.46. The van der Waals surface area contributed by atoms with Crippen molar-refractivity contribution in [2.45, 2.75) is 58.6 Å². The Morgan fingerprint density at radius 2 is 1.65 bits per heavy atom. The third-order valence-corrected chi connectivity index (χ3v) is 6.64. The van der Waals surface area contributed by atoms with Crippen LogP contribution in [0.5, 0.6) is 0 Å². The maximum Gasteiger partial charge on any atom is 0.410 e. The van der Waals surface area contributed by atoms with E-state index >= 15 is 0 Å². The summed E-state index contributed by atoms with van der Waals surface area (Å²) in [5, 5.41) is 0.797. The predicted molar refractivity (Wildman–Crippen MR) is 123 cm³/mol. The maximum absolute atomic E-state index is 12.9. The van der Waals surface area contributed by atoms with Gasteiger partial charge in [0.05, 0.1) is 0 Å². The van der Waals surface area contributed by atoms with Crippen LogP contribution in [-0.4, -0.2) is 71.6 Å². The molecule has 0 spiro atoms. The molecule has 3 rings (SSSR count). The number of halogens is 1. The van der Waals surface area contributed by atoms with Gasteiger partial charge in [-0.3, -0.25) is 9.69 Å². The van der Waals surface area contributed by atoms with Gasteiger partial charge in [-0.05, 0) is 58.1 Å². The number of amides is 2. The van der Waals surface area contributed by atoms with Gasteiger partial charge >= 0.3 is 6.09 Å². The molecule has 0 bridgehead atoms. The first-order valence-corrected chi connectivity index (χ1v) is 11.8. The molecule has 7 heteroatoms. The molecule has 2 fully saturated rings. The molecule has 6 nitrogen and oxygen atoms in total. The summed E-state index contributed by atoms with van der Waals surface area (Å²) in [5.41, 5.74) is 0.663. The molecule has 0 aromatic heterocycles. The Balaban J connectivity index is 1.42. The van der Waals surface area contributed by atoms with E-state index in [1.807, 2.05) is 43.9 Å². The number of nitrogens with zero attached hydrogens (tertiary/aromatic N) is 3. The van der Waals surface area contributed by atoms with Gasteiger partial charge in [0.1, 0.15) is 5.60 Å². The minimum atomic E-state index is -0.477. The summed E-state index contributed by atoms with van der Waals surface area (Å²) in [4.78, 5) is 31.2. The van der Waals surface area contributed by atoms with Crippen LogP contribution in [0.25, 0.3) is 0 Å². The summed E-state index contributed by atoms with van der Waals surface area (Å²) in [6, 6.07) is 8.22. The Morgan fingerprint density at radius 3 is 2.23 bits per heavy atom. The van der Waals surface area contributed by atoms with Crippen molar-refractivity contribution in [2.24, 2.45) is 5.92 Å². The highest BCUT2D eigenvalue weighted by atomic mass is 35.5. The zero-order valence-corrected chi connectivity index (χ0v) is 20.0. The molecule has 172 valence electrons. The molecule has 0 radical (unpaired) electrons. The van der Waals surface area contributed by atoms with Gasteiger partial charge in [-0.15, -0.1) is 0 Å². The largest absolute Gasteiger partial charge is 0.444 e. The monoisotopic (exact) mass is 449 g/mol. The average Bonchev–Trinajstić information content (AvgIpc) is 2.73. The molecule has 2 heterocycles. The highest BCUT2D eigenvalue weighted by molar-refractivity contribution is 6.31. The molecular formula is C24H36ClN3O3. The molecule has 0 N–H and O–H groups in total. The first-order chi connectivity index (χ1) is 14.6. The van der Waals surface area contributed by atoms with Crippen LogP contribution >= 0.6 is 11.6 Å². The van der Waals surface area contributed by atoms with Crippen LogP contribution in [0.15, 0.2) is 24.3 Å². The van der Waals surface area contributed by atoms with E-state index in [4.69, 9.17) is 16.3 Å². The van der Waals surface area contributed by atoms with Crippen molar-refractivity contribution in [3.05, 3.63) is 34.9 Å². The normalized spacial score (nSPS) is 19.9. The van der Waals surface area contributed by atoms with Crippen LogP contribution < -0.4 is 0 Å². The van der Waals surface area contributed by atoms with E-state index < -0.39 is 5.60 Å². The van der Waals surface area contributed by atoms with Crippen LogP contribution in [0.1, 0.15) is 58.6 Å². The fraction of sp³-hybridized carbons (Fsp3) is 0.667. The average molecular weight is 450 g/mol. The number of piperidine rings is 1. The standard InChI is InChI=1S/C24H36ClN3O3/c1-18(20-7-5-6-8-21(20)25)26-13-15-27(16-14-26)22(29)17-19-9-11-28(12-10-19)23(30)31-24(2,3)4/h5-8,18-19H,9-17H2,1-4H3. The van der Waals surface area contributed by atoms with E-state index in [-0.39, 0.29) is 18.0 Å². The molecule has 1 aromatic carbocycles. The van der Waals surface area contributed by atoms with E-state index in [1.165, 1.54) is 0 Å². The van der Waals surface area contributed by atoms with Gasteiger partial charge in [0.25, 0.3) is 0 Å². The number of benzene rings is 1. The number of piperazine rings is 1. The lowest BCUT2D eigenvalue weighted by Crippen LogP contribution is -2.50. The molecule has 2 amide bonds. The SMILES string of the molecule is CC(c1ccccc1Cl)N1CCN(C(=O)CC2CCN(C(=O)OC(C)(C)C)CC2)CC1. The fourth-order valence-corrected chi connectivity index (χ4v) is 4.69. The van der Waals surface area contributed by atoms with E-state index in [9.17, 15) is 9.59 Å². The smallest absolute Gasteiger partial charge is 0.410 e. The molecule has 1 unspecified atom stereocenters. The number of carbonyl (C=O) groups is 2. The third kappa shape index (κ3) is 6.59. The van der Waals surface area contributed by atoms with E-state index in [0.717, 1.165) is 49.6 Å². The van der Waals surface area contributed by atoms with Crippen molar-refractivity contribution < 1.29 is 14.3 Å². The van der Waals surface area contributed by atoms with Crippen LogP contribution in [-0.2, 0) is 9.53 Å². The summed E-state index contributed by atoms with van der Waals surface area (Å²) in [6.07, 6.45) is 2.03. The molecule has 1 aromatic rings. The molecule has 1 atom stereocenters. The van der Waals surface area contributed by atoms with E-state index in [1.54, 1.807) is 4.90 Å². The van der Waals surface area contributed by atoms with Gasteiger partial charge in [0, 0.05) is 56.8 Å². The first kappa shape index (κ1) is 23.9.